The highest BCUT2D eigenvalue weighted by atomic mass is 19.1. The van der Waals surface area contributed by atoms with E-state index in [1.807, 2.05) is 19.9 Å². The van der Waals surface area contributed by atoms with Gasteiger partial charge in [-0.2, -0.15) is 0 Å². The number of halogens is 1. The molecule has 1 saturated heterocycles. The van der Waals surface area contributed by atoms with Crippen molar-refractivity contribution in [3.05, 3.63) is 59.4 Å². The molecule has 0 spiro atoms. The maximum Gasteiger partial charge on any atom is 0.255 e. The number of hydrogen-bond acceptors (Lipinski definition) is 3. The Morgan fingerprint density at radius 1 is 1.07 bits per heavy atom. The fourth-order valence-electron chi connectivity index (χ4n) is 3.24. The predicted molar refractivity (Wildman–Crippen MR) is 109 cm³/mol. The van der Waals surface area contributed by atoms with Gasteiger partial charge in [-0.1, -0.05) is 6.92 Å². The van der Waals surface area contributed by atoms with Gasteiger partial charge < -0.3 is 15.5 Å². The topological polar surface area (TPSA) is 61.4 Å². The lowest BCUT2D eigenvalue weighted by Crippen LogP contribution is -2.33. The number of carbonyl (C=O) groups excluding carboxylic acids is 2. The van der Waals surface area contributed by atoms with Gasteiger partial charge in [-0.05, 0) is 68.7 Å². The third kappa shape index (κ3) is 4.68. The Kier molecular flexibility index (Phi) is 6.29. The lowest BCUT2D eigenvalue weighted by atomic mass is 10.1. The second kappa shape index (κ2) is 8.87. The van der Waals surface area contributed by atoms with Crippen LogP contribution in [0.25, 0.3) is 0 Å². The highest BCUT2D eigenvalue weighted by Crippen LogP contribution is 2.28. The van der Waals surface area contributed by atoms with Crippen LogP contribution in [0.2, 0.25) is 0 Å². The Morgan fingerprint density at radius 3 is 2.39 bits per heavy atom. The molecule has 1 heterocycles. The minimum absolute atomic E-state index is 0.0661. The summed E-state index contributed by atoms with van der Waals surface area (Å²) >= 11 is 0. The first kappa shape index (κ1) is 19.9. The number of hydrogen-bond donors (Lipinski definition) is 2. The molecule has 5 nitrogen and oxygen atoms in total. The van der Waals surface area contributed by atoms with Gasteiger partial charge in [0.2, 0.25) is 0 Å². The van der Waals surface area contributed by atoms with Crippen LogP contribution in [-0.2, 0) is 0 Å². The number of carbonyl (C=O) groups is 2. The van der Waals surface area contributed by atoms with Crippen LogP contribution in [-0.4, -0.2) is 30.9 Å². The van der Waals surface area contributed by atoms with Crippen molar-refractivity contribution < 1.29 is 14.0 Å². The molecular formula is C22H26FN3O2. The lowest BCUT2D eigenvalue weighted by Gasteiger charge is -2.23. The highest BCUT2D eigenvalue weighted by Gasteiger charge is 2.21. The molecule has 6 heteroatoms. The molecule has 1 atom stereocenters. The van der Waals surface area contributed by atoms with E-state index in [2.05, 4.69) is 15.5 Å². The van der Waals surface area contributed by atoms with Crippen molar-refractivity contribution in [1.82, 2.24) is 5.32 Å². The summed E-state index contributed by atoms with van der Waals surface area (Å²) in [6.07, 6.45) is 3.05. The Morgan fingerprint density at radius 2 is 1.75 bits per heavy atom. The zero-order valence-corrected chi connectivity index (χ0v) is 16.3. The molecule has 2 amide bonds. The van der Waals surface area contributed by atoms with Crippen LogP contribution >= 0.6 is 0 Å². The van der Waals surface area contributed by atoms with Crippen LogP contribution in [0, 0.1) is 5.82 Å². The van der Waals surface area contributed by atoms with E-state index in [9.17, 15) is 14.0 Å². The van der Waals surface area contributed by atoms with Crippen LogP contribution in [0.3, 0.4) is 0 Å². The molecule has 0 saturated carbocycles. The average molecular weight is 383 g/mol. The SMILES string of the molecule is CCC(C)NC(=O)c1cc(NC(=O)c2ccc(F)cc2)ccc1N1CCCC1. The lowest BCUT2D eigenvalue weighted by molar-refractivity contribution is 0.0938. The van der Waals surface area contributed by atoms with Gasteiger partial charge in [-0.15, -0.1) is 0 Å². The van der Waals surface area contributed by atoms with Crippen molar-refractivity contribution in [3.63, 3.8) is 0 Å². The van der Waals surface area contributed by atoms with Crippen molar-refractivity contribution >= 4 is 23.2 Å². The third-order valence-electron chi connectivity index (χ3n) is 5.04. The molecule has 3 rings (SSSR count). The summed E-state index contributed by atoms with van der Waals surface area (Å²) in [6.45, 7) is 5.83. The van der Waals surface area contributed by atoms with Gasteiger partial charge in [0.25, 0.3) is 11.8 Å². The maximum absolute atomic E-state index is 13.1. The van der Waals surface area contributed by atoms with Crippen LogP contribution < -0.4 is 15.5 Å². The van der Waals surface area contributed by atoms with Crippen LogP contribution in [0.15, 0.2) is 42.5 Å². The standard InChI is InChI=1S/C22H26FN3O2/c1-3-15(2)24-22(28)19-14-18(10-11-20(19)26-12-4-5-13-26)25-21(27)16-6-8-17(23)9-7-16/h6-11,14-15H,3-5,12-13H2,1-2H3,(H,24,28)(H,25,27). The van der Waals surface area contributed by atoms with Crippen LogP contribution in [0.4, 0.5) is 15.8 Å². The molecule has 1 unspecified atom stereocenters. The van der Waals surface area contributed by atoms with Crippen LogP contribution in [0.1, 0.15) is 53.8 Å². The molecular weight excluding hydrogens is 357 g/mol. The van der Waals surface area contributed by atoms with E-state index in [4.69, 9.17) is 0 Å². The summed E-state index contributed by atoms with van der Waals surface area (Å²) in [6, 6.07) is 10.8. The summed E-state index contributed by atoms with van der Waals surface area (Å²) in [5.74, 6) is -0.883. The van der Waals surface area contributed by atoms with Crippen molar-refractivity contribution in [1.29, 1.82) is 0 Å². The number of nitrogens with zero attached hydrogens (tertiary/aromatic N) is 1. The second-order valence-electron chi connectivity index (χ2n) is 7.17. The van der Waals surface area contributed by atoms with E-state index in [0.29, 0.717) is 16.8 Å². The van der Waals surface area contributed by atoms with Gasteiger partial charge in [0, 0.05) is 36.1 Å². The Hall–Kier alpha value is -2.89. The largest absolute Gasteiger partial charge is 0.371 e. The van der Waals surface area contributed by atoms with E-state index in [1.165, 1.54) is 24.3 Å². The number of amides is 2. The Balaban J connectivity index is 1.85. The minimum Gasteiger partial charge on any atom is -0.371 e. The number of anilines is 2. The van der Waals surface area contributed by atoms with Crippen molar-refractivity contribution in [2.45, 2.75) is 39.2 Å². The molecule has 2 N–H and O–H groups in total. The molecule has 148 valence electrons. The van der Waals surface area contributed by atoms with Gasteiger partial charge in [0.15, 0.2) is 0 Å². The normalized spacial score (nSPS) is 14.6. The highest BCUT2D eigenvalue weighted by molar-refractivity contribution is 6.06. The number of benzene rings is 2. The van der Waals surface area contributed by atoms with E-state index in [0.717, 1.165) is 38.0 Å². The summed E-state index contributed by atoms with van der Waals surface area (Å²) in [4.78, 5) is 27.5. The molecule has 1 fully saturated rings. The molecule has 0 aliphatic carbocycles. The van der Waals surface area contributed by atoms with Crippen LogP contribution in [0.5, 0.6) is 0 Å². The third-order valence-corrected chi connectivity index (χ3v) is 5.04. The summed E-state index contributed by atoms with van der Waals surface area (Å²) in [5.41, 5.74) is 2.33. The summed E-state index contributed by atoms with van der Waals surface area (Å²) in [7, 11) is 0. The Labute approximate surface area is 164 Å². The van der Waals surface area contributed by atoms with Gasteiger partial charge in [-0.25, -0.2) is 4.39 Å². The molecule has 0 bridgehead atoms. The Bertz CT molecular complexity index is 845. The van der Waals surface area contributed by atoms with E-state index < -0.39 is 5.82 Å². The quantitative estimate of drug-likeness (QED) is 0.786. The van der Waals surface area contributed by atoms with E-state index in [-0.39, 0.29) is 17.9 Å². The van der Waals surface area contributed by atoms with Gasteiger partial charge >= 0.3 is 0 Å². The monoisotopic (exact) mass is 383 g/mol. The average Bonchev–Trinajstić information content (AvgIpc) is 3.22. The number of nitrogens with one attached hydrogen (secondary N) is 2. The fraction of sp³-hybridized carbons (Fsp3) is 0.364. The van der Waals surface area contributed by atoms with Gasteiger partial charge in [0.05, 0.1) is 5.56 Å². The predicted octanol–water partition coefficient (Wildman–Crippen LogP) is 4.21. The van der Waals surface area contributed by atoms with E-state index in [1.54, 1.807) is 12.1 Å². The first-order valence-electron chi connectivity index (χ1n) is 9.74. The molecule has 2 aromatic carbocycles. The molecule has 28 heavy (non-hydrogen) atoms. The minimum atomic E-state index is -0.393. The van der Waals surface area contributed by atoms with E-state index >= 15 is 0 Å². The zero-order valence-electron chi connectivity index (χ0n) is 16.3. The fourth-order valence-corrected chi connectivity index (χ4v) is 3.24. The van der Waals surface area contributed by atoms with Crippen molar-refractivity contribution in [2.24, 2.45) is 0 Å². The molecule has 0 aromatic heterocycles. The molecule has 2 aromatic rings. The summed E-state index contributed by atoms with van der Waals surface area (Å²) < 4.78 is 13.1. The van der Waals surface area contributed by atoms with Gasteiger partial charge in [-0.3, -0.25) is 9.59 Å². The zero-order chi connectivity index (χ0) is 20.1. The van der Waals surface area contributed by atoms with Gasteiger partial charge in [0.1, 0.15) is 5.82 Å². The molecule has 0 radical (unpaired) electrons. The maximum atomic E-state index is 13.1. The number of rotatable bonds is 6. The summed E-state index contributed by atoms with van der Waals surface area (Å²) in [5, 5.41) is 5.81. The second-order valence-corrected chi connectivity index (χ2v) is 7.17. The smallest absolute Gasteiger partial charge is 0.255 e. The van der Waals surface area contributed by atoms with Crippen molar-refractivity contribution in [3.8, 4) is 0 Å². The molecule has 1 aliphatic heterocycles. The molecule has 1 aliphatic rings. The first-order valence-corrected chi connectivity index (χ1v) is 9.74. The van der Waals surface area contributed by atoms with Crippen molar-refractivity contribution in [2.75, 3.05) is 23.3 Å². The first-order chi connectivity index (χ1) is 13.5.